The summed E-state index contributed by atoms with van der Waals surface area (Å²) in [5, 5.41) is 0. The van der Waals surface area contributed by atoms with Gasteiger partial charge in [0.25, 0.3) is 0 Å². The standard InChI is InChI=1S/C12H22N2O/c1-3-4-5-9-14(2)12(15)10-7-6-8-11(10)13/h3,10-11H,1,4-9,13H2,2H3. The molecule has 1 aliphatic rings. The molecule has 3 heteroatoms. The highest BCUT2D eigenvalue weighted by atomic mass is 16.2. The van der Waals surface area contributed by atoms with Gasteiger partial charge in [0.1, 0.15) is 0 Å². The van der Waals surface area contributed by atoms with Gasteiger partial charge in [-0.25, -0.2) is 0 Å². The third-order valence-corrected chi connectivity index (χ3v) is 3.16. The fourth-order valence-corrected chi connectivity index (χ4v) is 2.16. The van der Waals surface area contributed by atoms with Gasteiger partial charge in [0, 0.05) is 19.6 Å². The summed E-state index contributed by atoms with van der Waals surface area (Å²) in [5.41, 5.74) is 5.91. The van der Waals surface area contributed by atoms with Crippen molar-refractivity contribution in [1.29, 1.82) is 0 Å². The number of hydrogen-bond donors (Lipinski definition) is 1. The van der Waals surface area contributed by atoms with E-state index in [1.807, 2.05) is 18.0 Å². The summed E-state index contributed by atoms with van der Waals surface area (Å²) in [4.78, 5) is 13.8. The van der Waals surface area contributed by atoms with Crippen LogP contribution in [0.25, 0.3) is 0 Å². The number of hydrogen-bond acceptors (Lipinski definition) is 2. The summed E-state index contributed by atoms with van der Waals surface area (Å²) < 4.78 is 0. The fraction of sp³-hybridized carbons (Fsp3) is 0.750. The van der Waals surface area contributed by atoms with Crippen molar-refractivity contribution >= 4 is 5.91 Å². The number of unbranched alkanes of at least 4 members (excludes halogenated alkanes) is 1. The van der Waals surface area contributed by atoms with Crippen LogP contribution in [-0.4, -0.2) is 30.4 Å². The molecule has 3 nitrogen and oxygen atoms in total. The second-order valence-corrected chi connectivity index (χ2v) is 4.39. The van der Waals surface area contributed by atoms with E-state index in [2.05, 4.69) is 6.58 Å². The van der Waals surface area contributed by atoms with Crippen LogP contribution in [0, 0.1) is 5.92 Å². The van der Waals surface area contributed by atoms with E-state index < -0.39 is 0 Å². The first-order valence-corrected chi connectivity index (χ1v) is 5.78. The third kappa shape index (κ3) is 3.34. The van der Waals surface area contributed by atoms with Gasteiger partial charge in [0.2, 0.25) is 5.91 Å². The highest BCUT2D eigenvalue weighted by Gasteiger charge is 2.31. The molecule has 0 saturated heterocycles. The fourth-order valence-electron chi connectivity index (χ4n) is 2.16. The molecule has 1 rings (SSSR count). The Morgan fingerprint density at radius 2 is 2.33 bits per heavy atom. The van der Waals surface area contributed by atoms with Gasteiger partial charge in [-0.15, -0.1) is 6.58 Å². The summed E-state index contributed by atoms with van der Waals surface area (Å²) in [5.74, 6) is 0.294. The zero-order valence-electron chi connectivity index (χ0n) is 9.61. The molecule has 15 heavy (non-hydrogen) atoms. The molecule has 1 fully saturated rings. The Labute approximate surface area is 92.3 Å². The molecule has 0 aromatic carbocycles. The average Bonchev–Trinajstić information content (AvgIpc) is 2.63. The van der Waals surface area contributed by atoms with Crippen molar-refractivity contribution in [1.82, 2.24) is 4.90 Å². The molecule has 0 aliphatic heterocycles. The zero-order chi connectivity index (χ0) is 11.3. The van der Waals surface area contributed by atoms with Crippen molar-refractivity contribution in [2.24, 2.45) is 11.7 Å². The molecule has 0 bridgehead atoms. The lowest BCUT2D eigenvalue weighted by atomic mass is 10.0. The lowest BCUT2D eigenvalue weighted by Crippen LogP contribution is -2.40. The Bertz CT molecular complexity index is 228. The lowest BCUT2D eigenvalue weighted by molar-refractivity contribution is -0.134. The van der Waals surface area contributed by atoms with E-state index in [0.29, 0.717) is 0 Å². The van der Waals surface area contributed by atoms with Gasteiger partial charge in [0.15, 0.2) is 0 Å². The van der Waals surface area contributed by atoms with Crippen LogP contribution in [0.4, 0.5) is 0 Å². The summed E-state index contributed by atoms with van der Waals surface area (Å²) >= 11 is 0. The van der Waals surface area contributed by atoms with Crippen molar-refractivity contribution in [2.75, 3.05) is 13.6 Å². The number of allylic oxidation sites excluding steroid dienone is 1. The molecule has 1 aliphatic carbocycles. The topological polar surface area (TPSA) is 46.3 Å². The maximum Gasteiger partial charge on any atom is 0.226 e. The Morgan fingerprint density at radius 1 is 1.60 bits per heavy atom. The number of carbonyl (C=O) groups is 1. The van der Waals surface area contributed by atoms with E-state index in [4.69, 9.17) is 5.73 Å². The van der Waals surface area contributed by atoms with Crippen LogP contribution < -0.4 is 5.73 Å². The van der Waals surface area contributed by atoms with Gasteiger partial charge >= 0.3 is 0 Å². The molecule has 0 spiro atoms. The number of carbonyl (C=O) groups excluding carboxylic acids is 1. The smallest absolute Gasteiger partial charge is 0.226 e. The van der Waals surface area contributed by atoms with Crippen LogP contribution in [-0.2, 0) is 4.79 Å². The molecule has 1 saturated carbocycles. The van der Waals surface area contributed by atoms with Crippen LogP contribution in [0.3, 0.4) is 0 Å². The minimum absolute atomic E-state index is 0.0683. The molecule has 1 amide bonds. The van der Waals surface area contributed by atoms with E-state index in [9.17, 15) is 4.79 Å². The minimum atomic E-state index is 0.0683. The molecular weight excluding hydrogens is 188 g/mol. The zero-order valence-corrected chi connectivity index (χ0v) is 9.61. The largest absolute Gasteiger partial charge is 0.345 e. The molecule has 0 radical (unpaired) electrons. The van der Waals surface area contributed by atoms with Crippen molar-refractivity contribution in [3.8, 4) is 0 Å². The van der Waals surface area contributed by atoms with Crippen molar-refractivity contribution in [3.05, 3.63) is 12.7 Å². The normalized spacial score (nSPS) is 25.2. The second-order valence-electron chi connectivity index (χ2n) is 4.39. The number of rotatable bonds is 5. The predicted molar refractivity (Wildman–Crippen MR) is 62.4 cm³/mol. The van der Waals surface area contributed by atoms with Gasteiger partial charge in [-0.3, -0.25) is 4.79 Å². The molecule has 2 unspecified atom stereocenters. The summed E-state index contributed by atoms with van der Waals surface area (Å²) in [7, 11) is 1.87. The number of amides is 1. The van der Waals surface area contributed by atoms with Crippen LogP contribution in [0.2, 0.25) is 0 Å². The number of nitrogens with zero attached hydrogens (tertiary/aromatic N) is 1. The first-order valence-electron chi connectivity index (χ1n) is 5.78. The molecular formula is C12H22N2O. The monoisotopic (exact) mass is 210 g/mol. The molecule has 86 valence electrons. The van der Waals surface area contributed by atoms with Gasteiger partial charge in [0.05, 0.1) is 5.92 Å². The molecule has 2 atom stereocenters. The summed E-state index contributed by atoms with van der Waals surface area (Å²) in [6.07, 6.45) is 6.91. The van der Waals surface area contributed by atoms with Gasteiger partial charge in [-0.2, -0.15) is 0 Å². The Kier molecular flexibility index (Phi) is 4.82. The predicted octanol–water partition coefficient (Wildman–Crippen LogP) is 1.54. The molecule has 0 aromatic heterocycles. The van der Waals surface area contributed by atoms with Gasteiger partial charge < -0.3 is 10.6 Å². The van der Waals surface area contributed by atoms with Crippen LogP contribution in [0.5, 0.6) is 0 Å². The lowest BCUT2D eigenvalue weighted by Gasteiger charge is -2.23. The number of nitrogens with two attached hydrogens (primary N) is 1. The minimum Gasteiger partial charge on any atom is -0.345 e. The Morgan fingerprint density at radius 3 is 2.87 bits per heavy atom. The Hall–Kier alpha value is -0.830. The van der Waals surface area contributed by atoms with Crippen LogP contribution in [0.1, 0.15) is 32.1 Å². The molecule has 0 heterocycles. The maximum atomic E-state index is 12.0. The quantitative estimate of drug-likeness (QED) is 0.552. The third-order valence-electron chi connectivity index (χ3n) is 3.16. The molecule has 0 aromatic rings. The van der Waals surface area contributed by atoms with E-state index in [1.165, 1.54) is 0 Å². The Balaban J connectivity index is 2.34. The van der Waals surface area contributed by atoms with E-state index in [0.717, 1.165) is 38.6 Å². The average molecular weight is 210 g/mol. The van der Waals surface area contributed by atoms with Crippen molar-refractivity contribution < 1.29 is 4.79 Å². The first-order chi connectivity index (χ1) is 7.16. The molecule has 2 N–H and O–H groups in total. The van der Waals surface area contributed by atoms with Crippen molar-refractivity contribution in [3.63, 3.8) is 0 Å². The van der Waals surface area contributed by atoms with E-state index >= 15 is 0 Å². The highest BCUT2D eigenvalue weighted by molar-refractivity contribution is 5.79. The van der Waals surface area contributed by atoms with Crippen molar-refractivity contribution in [2.45, 2.75) is 38.1 Å². The summed E-state index contributed by atoms with van der Waals surface area (Å²) in [6, 6.07) is 0.0827. The highest BCUT2D eigenvalue weighted by Crippen LogP contribution is 2.25. The maximum absolute atomic E-state index is 12.0. The van der Waals surface area contributed by atoms with Gasteiger partial charge in [-0.05, 0) is 25.7 Å². The van der Waals surface area contributed by atoms with Gasteiger partial charge in [-0.1, -0.05) is 12.5 Å². The second kappa shape index (κ2) is 5.91. The first kappa shape index (κ1) is 12.2. The van der Waals surface area contributed by atoms with E-state index in [1.54, 1.807) is 0 Å². The summed E-state index contributed by atoms with van der Waals surface area (Å²) in [6.45, 7) is 4.48. The SMILES string of the molecule is C=CCCCN(C)C(=O)C1CCCC1N. The van der Waals surface area contributed by atoms with E-state index in [-0.39, 0.29) is 17.9 Å². The van der Waals surface area contributed by atoms with Crippen LogP contribution in [0.15, 0.2) is 12.7 Å². The van der Waals surface area contributed by atoms with Crippen LogP contribution >= 0.6 is 0 Å².